The number of nitrogens with zero attached hydrogens (tertiary/aromatic N) is 1. The molecule has 1 heteroatoms. The van der Waals surface area contributed by atoms with Gasteiger partial charge in [-0.3, -0.25) is 0 Å². The van der Waals surface area contributed by atoms with Crippen LogP contribution in [-0.2, 0) is 13.5 Å². The highest BCUT2D eigenvalue weighted by Crippen LogP contribution is 2.28. The number of aromatic nitrogens is 1. The molecule has 100 valence electrons. The van der Waals surface area contributed by atoms with Crippen molar-refractivity contribution >= 4 is 10.8 Å². The third-order valence-corrected chi connectivity index (χ3v) is 4.01. The van der Waals surface area contributed by atoms with Gasteiger partial charge in [0.25, 0.3) is 0 Å². The van der Waals surface area contributed by atoms with Crippen LogP contribution in [0.3, 0.4) is 0 Å². The summed E-state index contributed by atoms with van der Waals surface area (Å²) in [4.78, 5) is 0. The van der Waals surface area contributed by atoms with Crippen LogP contribution in [0.4, 0.5) is 0 Å². The zero-order valence-electron chi connectivity index (χ0n) is 12.4. The Kier molecular flexibility index (Phi) is 3.27. The smallest absolute Gasteiger partial charge is 0.200 e. The summed E-state index contributed by atoms with van der Waals surface area (Å²) in [6.07, 6.45) is 3.22. The Hall–Kier alpha value is -2.15. The van der Waals surface area contributed by atoms with Gasteiger partial charge < -0.3 is 0 Å². The van der Waals surface area contributed by atoms with E-state index in [0.717, 1.165) is 6.42 Å². The van der Waals surface area contributed by atoms with Gasteiger partial charge in [0.2, 0.25) is 5.69 Å². The lowest BCUT2D eigenvalue weighted by Crippen LogP contribution is -2.30. The van der Waals surface area contributed by atoms with Crippen LogP contribution >= 0.6 is 0 Å². The quantitative estimate of drug-likeness (QED) is 0.609. The molecule has 0 aliphatic rings. The summed E-state index contributed by atoms with van der Waals surface area (Å²) in [6, 6.07) is 17.6. The van der Waals surface area contributed by atoms with Gasteiger partial charge in [0.05, 0.1) is 5.39 Å². The topological polar surface area (TPSA) is 3.88 Å². The molecular weight excluding hydrogens is 242 g/mol. The van der Waals surface area contributed by atoms with Gasteiger partial charge in [-0.15, -0.1) is 0 Å². The molecule has 0 aliphatic heterocycles. The van der Waals surface area contributed by atoms with E-state index in [0.29, 0.717) is 0 Å². The molecule has 0 fully saturated rings. The lowest BCUT2D eigenvalue weighted by Gasteiger charge is -2.08. The van der Waals surface area contributed by atoms with Crippen molar-refractivity contribution < 1.29 is 4.57 Å². The van der Waals surface area contributed by atoms with Crippen LogP contribution in [-0.4, -0.2) is 0 Å². The highest BCUT2D eigenvalue weighted by molar-refractivity contribution is 5.94. The normalized spacial score (nSPS) is 10.9. The van der Waals surface area contributed by atoms with Gasteiger partial charge in [-0.25, -0.2) is 4.57 Å². The molecular formula is C19H20N+. The molecule has 0 unspecified atom stereocenters. The first-order chi connectivity index (χ1) is 9.70. The number of benzene rings is 2. The van der Waals surface area contributed by atoms with Crippen LogP contribution in [0.2, 0.25) is 0 Å². The number of hydrogen-bond acceptors (Lipinski definition) is 0. The second-order valence-corrected chi connectivity index (χ2v) is 5.37. The van der Waals surface area contributed by atoms with E-state index in [9.17, 15) is 0 Å². The van der Waals surface area contributed by atoms with E-state index in [4.69, 9.17) is 0 Å². The van der Waals surface area contributed by atoms with Crippen LogP contribution in [0.25, 0.3) is 22.0 Å². The number of rotatable bonds is 2. The van der Waals surface area contributed by atoms with E-state index in [1.807, 2.05) is 0 Å². The third kappa shape index (κ3) is 2.09. The van der Waals surface area contributed by atoms with Crippen molar-refractivity contribution in [1.29, 1.82) is 0 Å². The zero-order chi connectivity index (χ0) is 14.1. The van der Waals surface area contributed by atoms with Crippen LogP contribution in [0.15, 0.2) is 54.7 Å². The first-order valence-electron chi connectivity index (χ1n) is 7.18. The van der Waals surface area contributed by atoms with Crippen molar-refractivity contribution in [2.24, 2.45) is 7.05 Å². The monoisotopic (exact) mass is 262 g/mol. The molecule has 0 spiro atoms. The fourth-order valence-electron chi connectivity index (χ4n) is 2.80. The molecule has 0 bridgehead atoms. The minimum atomic E-state index is 1.07. The molecule has 1 aromatic heterocycles. The van der Waals surface area contributed by atoms with E-state index in [1.54, 1.807) is 0 Å². The van der Waals surface area contributed by atoms with Gasteiger partial charge in [-0.2, -0.15) is 0 Å². The summed E-state index contributed by atoms with van der Waals surface area (Å²) >= 11 is 0. The van der Waals surface area contributed by atoms with Crippen molar-refractivity contribution in [3.8, 4) is 11.3 Å². The highest BCUT2D eigenvalue weighted by Gasteiger charge is 2.16. The van der Waals surface area contributed by atoms with Crippen LogP contribution in [0.5, 0.6) is 0 Å². The molecule has 0 atom stereocenters. The maximum absolute atomic E-state index is 2.33. The second-order valence-electron chi connectivity index (χ2n) is 5.37. The Morgan fingerprint density at radius 3 is 2.55 bits per heavy atom. The number of pyridine rings is 1. The minimum Gasteiger partial charge on any atom is -0.200 e. The van der Waals surface area contributed by atoms with Crippen molar-refractivity contribution in [2.75, 3.05) is 0 Å². The predicted octanol–water partition coefficient (Wildman–Crippen LogP) is 4.20. The van der Waals surface area contributed by atoms with E-state index in [-0.39, 0.29) is 0 Å². The second kappa shape index (κ2) is 5.09. The highest BCUT2D eigenvalue weighted by atomic mass is 14.9. The summed E-state index contributed by atoms with van der Waals surface area (Å²) in [5.41, 5.74) is 5.32. The van der Waals surface area contributed by atoms with Gasteiger partial charge in [0, 0.05) is 11.6 Å². The maximum Gasteiger partial charge on any atom is 0.220 e. The predicted molar refractivity (Wildman–Crippen MR) is 84.7 cm³/mol. The average molecular weight is 262 g/mol. The Bertz CT molecular complexity index is 772. The van der Waals surface area contributed by atoms with Gasteiger partial charge >= 0.3 is 0 Å². The maximum atomic E-state index is 2.33. The zero-order valence-corrected chi connectivity index (χ0v) is 12.4. The fourth-order valence-corrected chi connectivity index (χ4v) is 2.80. The number of aryl methyl sites for hydroxylation is 3. The van der Waals surface area contributed by atoms with Crippen molar-refractivity contribution in [1.82, 2.24) is 0 Å². The summed E-state index contributed by atoms with van der Waals surface area (Å²) in [5.74, 6) is 0. The summed E-state index contributed by atoms with van der Waals surface area (Å²) in [6.45, 7) is 4.38. The van der Waals surface area contributed by atoms with Gasteiger partial charge in [-0.05, 0) is 42.0 Å². The molecule has 1 heterocycles. The third-order valence-electron chi connectivity index (χ3n) is 4.01. The van der Waals surface area contributed by atoms with Crippen molar-refractivity contribution in [3.05, 3.63) is 65.9 Å². The van der Waals surface area contributed by atoms with Crippen LogP contribution in [0, 0.1) is 6.92 Å². The average Bonchev–Trinajstić information content (AvgIpc) is 2.48. The lowest BCUT2D eigenvalue weighted by atomic mass is 9.98. The summed E-state index contributed by atoms with van der Waals surface area (Å²) in [5, 5.41) is 2.64. The SMILES string of the molecule is CCc1ccc2cc[n+](C)c(-c3ccccc3C)c2c1. The van der Waals surface area contributed by atoms with Gasteiger partial charge in [-0.1, -0.05) is 37.3 Å². The molecule has 0 saturated heterocycles. The van der Waals surface area contributed by atoms with E-state index < -0.39 is 0 Å². The fraction of sp³-hybridized carbons (Fsp3) is 0.211. The minimum absolute atomic E-state index is 1.07. The molecule has 20 heavy (non-hydrogen) atoms. The molecule has 0 N–H and O–H groups in total. The molecule has 0 amide bonds. The molecule has 0 aliphatic carbocycles. The summed E-state index contributed by atoms with van der Waals surface area (Å²) in [7, 11) is 2.12. The molecule has 1 nitrogen and oxygen atoms in total. The van der Waals surface area contributed by atoms with E-state index in [2.05, 4.69) is 80.2 Å². The Labute approximate surface area is 120 Å². The molecule has 3 aromatic rings. The standard InChI is InChI=1S/C19H20N/c1-4-15-9-10-16-11-12-20(3)19(18(16)13-15)17-8-6-5-7-14(17)2/h5-13H,4H2,1-3H3/q+1. The Morgan fingerprint density at radius 1 is 1.00 bits per heavy atom. The van der Waals surface area contributed by atoms with Gasteiger partial charge in [0.15, 0.2) is 6.20 Å². The van der Waals surface area contributed by atoms with Crippen LogP contribution in [0.1, 0.15) is 18.1 Å². The summed E-state index contributed by atoms with van der Waals surface area (Å²) < 4.78 is 2.23. The Morgan fingerprint density at radius 2 is 1.80 bits per heavy atom. The Balaban J connectivity index is 2.39. The number of hydrogen-bond donors (Lipinski definition) is 0. The molecule has 0 radical (unpaired) electrons. The molecule has 0 saturated carbocycles. The largest absolute Gasteiger partial charge is 0.220 e. The first kappa shape index (κ1) is 12.9. The van der Waals surface area contributed by atoms with Crippen LogP contribution < -0.4 is 4.57 Å². The lowest BCUT2D eigenvalue weighted by molar-refractivity contribution is -0.659. The van der Waals surface area contributed by atoms with Crippen molar-refractivity contribution in [3.63, 3.8) is 0 Å². The van der Waals surface area contributed by atoms with E-state index in [1.165, 1.54) is 33.2 Å². The number of fused-ring (bicyclic) bond motifs is 1. The van der Waals surface area contributed by atoms with Gasteiger partial charge in [0.1, 0.15) is 7.05 Å². The van der Waals surface area contributed by atoms with Crippen molar-refractivity contribution in [2.45, 2.75) is 20.3 Å². The molecule has 2 aromatic carbocycles. The first-order valence-corrected chi connectivity index (χ1v) is 7.18. The molecule has 3 rings (SSSR count). The van der Waals surface area contributed by atoms with E-state index >= 15 is 0 Å².